The molecule has 6 nitrogen and oxygen atoms in total. The van der Waals surface area contributed by atoms with Crippen LogP contribution in [0, 0.1) is 0 Å². The van der Waals surface area contributed by atoms with Gasteiger partial charge in [0.15, 0.2) is 0 Å². The molecule has 1 fully saturated rings. The van der Waals surface area contributed by atoms with Gasteiger partial charge in [0.1, 0.15) is 17.5 Å². The molecule has 25 heavy (non-hydrogen) atoms. The zero-order valence-electron chi connectivity index (χ0n) is 15.5. The van der Waals surface area contributed by atoms with Crippen molar-refractivity contribution in [2.75, 3.05) is 18.4 Å². The molecule has 1 aromatic carbocycles. The molecule has 2 amide bonds. The van der Waals surface area contributed by atoms with Crippen molar-refractivity contribution in [1.29, 1.82) is 0 Å². The van der Waals surface area contributed by atoms with Crippen molar-refractivity contribution in [3.63, 3.8) is 0 Å². The molecule has 0 bridgehead atoms. The molecule has 1 N–H and O–H groups in total. The first-order chi connectivity index (χ1) is 11.8. The zero-order chi connectivity index (χ0) is 18.4. The number of benzene rings is 1. The molecule has 0 unspecified atom stereocenters. The summed E-state index contributed by atoms with van der Waals surface area (Å²) >= 11 is 0. The maximum atomic E-state index is 12.1. The van der Waals surface area contributed by atoms with Crippen molar-refractivity contribution >= 4 is 17.7 Å². The summed E-state index contributed by atoms with van der Waals surface area (Å²) in [4.78, 5) is 25.3. The summed E-state index contributed by atoms with van der Waals surface area (Å²) in [5.41, 5.74) is 0.254. The Morgan fingerprint density at radius 1 is 1.24 bits per heavy atom. The highest BCUT2D eigenvalue weighted by atomic mass is 16.6. The Hall–Kier alpha value is -2.24. The highest BCUT2D eigenvalue weighted by Gasteiger charge is 2.27. The molecular formula is C19H28N2O4. The van der Waals surface area contributed by atoms with E-state index < -0.39 is 5.60 Å². The number of nitrogens with one attached hydrogen (secondary N) is 1. The second-order valence-corrected chi connectivity index (χ2v) is 7.21. The van der Waals surface area contributed by atoms with Crippen molar-refractivity contribution < 1.29 is 19.1 Å². The largest absolute Gasteiger partial charge is 0.490 e. The number of hydrogen-bond acceptors (Lipinski definition) is 4. The summed E-state index contributed by atoms with van der Waals surface area (Å²) in [5, 5.41) is 2.82. The lowest BCUT2D eigenvalue weighted by Gasteiger charge is -2.33. The van der Waals surface area contributed by atoms with Gasteiger partial charge in [0.2, 0.25) is 5.91 Å². The van der Waals surface area contributed by atoms with E-state index in [-0.39, 0.29) is 18.1 Å². The van der Waals surface area contributed by atoms with Crippen LogP contribution in [0.4, 0.5) is 10.5 Å². The molecule has 0 aromatic heterocycles. The van der Waals surface area contributed by atoms with Crippen LogP contribution in [-0.2, 0) is 9.53 Å². The summed E-state index contributed by atoms with van der Waals surface area (Å²) < 4.78 is 11.4. The van der Waals surface area contributed by atoms with E-state index >= 15 is 0 Å². The highest BCUT2D eigenvalue weighted by Crippen LogP contribution is 2.23. The lowest BCUT2D eigenvalue weighted by Crippen LogP contribution is -2.44. The minimum absolute atomic E-state index is 0.0252. The third-order valence-electron chi connectivity index (χ3n) is 3.84. The van der Waals surface area contributed by atoms with Gasteiger partial charge in [0, 0.05) is 44.1 Å². The van der Waals surface area contributed by atoms with Crippen LogP contribution in [-0.4, -0.2) is 41.7 Å². The second kappa shape index (κ2) is 8.23. The van der Waals surface area contributed by atoms with Gasteiger partial charge in [-0.25, -0.2) is 4.79 Å². The minimum atomic E-state index is -0.478. The summed E-state index contributed by atoms with van der Waals surface area (Å²) in [6.07, 6.45) is 1.73. The highest BCUT2D eigenvalue weighted by molar-refractivity contribution is 5.90. The average Bonchev–Trinajstić information content (AvgIpc) is 2.54. The predicted molar refractivity (Wildman–Crippen MR) is 96.8 cm³/mol. The Morgan fingerprint density at radius 2 is 1.92 bits per heavy atom. The SMILES string of the molecule is CCC(=O)Nc1cccc(OC2CCN(C(=O)OC(C)(C)C)CC2)c1. The van der Waals surface area contributed by atoms with Gasteiger partial charge in [-0.1, -0.05) is 13.0 Å². The fourth-order valence-electron chi connectivity index (χ4n) is 2.57. The first-order valence-electron chi connectivity index (χ1n) is 8.81. The van der Waals surface area contributed by atoms with Crippen molar-refractivity contribution in [2.45, 2.75) is 58.7 Å². The van der Waals surface area contributed by atoms with Crippen molar-refractivity contribution in [3.05, 3.63) is 24.3 Å². The standard InChI is InChI=1S/C19H28N2O4/c1-5-17(22)20-14-7-6-8-16(13-14)24-15-9-11-21(12-10-15)18(23)25-19(2,3)4/h6-8,13,15H,5,9-12H2,1-4H3,(H,20,22). The Bertz CT molecular complexity index is 602. The van der Waals surface area contributed by atoms with E-state index in [0.717, 1.165) is 24.3 Å². The number of rotatable bonds is 4. The predicted octanol–water partition coefficient (Wildman–Crippen LogP) is 3.81. The van der Waals surface area contributed by atoms with E-state index in [0.29, 0.717) is 19.5 Å². The average molecular weight is 348 g/mol. The number of likely N-dealkylation sites (tertiary alicyclic amines) is 1. The summed E-state index contributed by atoms with van der Waals surface area (Å²) in [6, 6.07) is 7.40. The van der Waals surface area contributed by atoms with Crippen LogP contribution in [0.15, 0.2) is 24.3 Å². The Labute approximate surface area is 149 Å². The number of piperidine rings is 1. The fraction of sp³-hybridized carbons (Fsp3) is 0.579. The Kier molecular flexibility index (Phi) is 6.28. The Morgan fingerprint density at radius 3 is 2.52 bits per heavy atom. The number of carbonyl (C=O) groups excluding carboxylic acids is 2. The van der Waals surface area contributed by atoms with E-state index in [9.17, 15) is 9.59 Å². The van der Waals surface area contributed by atoms with Gasteiger partial charge >= 0.3 is 6.09 Å². The fourth-order valence-corrected chi connectivity index (χ4v) is 2.57. The second-order valence-electron chi connectivity index (χ2n) is 7.21. The minimum Gasteiger partial charge on any atom is -0.490 e. The lowest BCUT2D eigenvalue weighted by molar-refractivity contribution is -0.115. The molecule has 1 saturated heterocycles. The topological polar surface area (TPSA) is 67.9 Å². The lowest BCUT2D eigenvalue weighted by atomic mass is 10.1. The van der Waals surface area contributed by atoms with Crippen LogP contribution in [0.5, 0.6) is 5.75 Å². The monoisotopic (exact) mass is 348 g/mol. The maximum absolute atomic E-state index is 12.1. The van der Waals surface area contributed by atoms with Gasteiger partial charge in [-0.15, -0.1) is 0 Å². The summed E-state index contributed by atoms with van der Waals surface area (Å²) in [5.74, 6) is 0.701. The van der Waals surface area contributed by atoms with E-state index in [4.69, 9.17) is 9.47 Å². The number of nitrogens with zero attached hydrogens (tertiary/aromatic N) is 1. The molecule has 1 aliphatic heterocycles. The van der Waals surface area contributed by atoms with E-state index in [1.54, 1.807) is 4.90 Å². The van der Waals surface area contributed by atoms with Gasteiger partial charge in [0.25, 0.3) is 0 Å². The zero-order valence-corrected chi connectivity index (χ0v) is 15.5. The van der Waals surface area contributed by atoms with E-state index in [1.807, 2.05) is 52.0 Å². The number of carbonyl (C=O) groups is 2. The molecule has 0 spiro atoms. The molecule has 1 aromatic rings. The molecule has 6 heteroatoms. The summed E-state index contributed by atoms with van der Waals surface area (Å²) in [7, 11) is 0. The van der Waals surface area contributed by atoms with Gasteiger partial charge < -0.3 is 19.7 Å². The van der Waals surface area contributed by atoms with Crippen LogP contribution in [0.25, 0.3) is 0 Å². The van der Waals surface area contributed by atoms with Crippen LogP contribution in [0.2, 0.25) is 0 Å². The molecule has 0 aliphatic carbocycles. The number of ether oxygens (including phenoxy) is 2. The first-order valence-corrected chi connectivity index (χ1v) is 8.81. The number of hydrogen-bond donors (Lipinski definition) is 1. The quantitative estimate of drug-likeness (QED) is 0.898. The van der Waals surface area contributed by atoms with Gasteiger partial charge in [-0.3, -0.25) is 4.79 Å². The Balaban J connectivity index is 1.85. The first kappa shape index (κ1) is 19.1. The van der Waals surface area contributed by atoms with Gasteiger partial charge in [-0.2, -0.15) is 0 Å². The summed E-state index contributed by atoms with van der Waals surface area (Å²) in [6.45, 7) is 8.65. The van der Waals surface area contributed by atoms with Gasteiger partial charge in [0.05, 0.1) is 0 Å². The van der Waals surface area contributed by atoms with Crippen molar-refractivity contribution in [2.24, 2.45) is 0 Å². The van der Waals surface area contributed by atoms with Crippen molar-refractivity contribution in [1.82, 2.24) is 4.90 Å². The molecule has 138 valence electrons. The molecule has 0 saturated carbocycles. The molecule has 1 aliphatic rings. The third-order valence-corrected chi connectivity index (χ3v) is 3.84. The smallest absolute Gasteiger partial charge is 0.410 e. The van der Waals surface area contributed by atoms with Crippen molar-refractivity contribution in [3.8, 4) is 5.75 Å². The molecule has 1 heterocycles. The third kappa shape index (κ3) is 6.29. The molecule has 2 rings (SSSR count). The molecular weight excluding hydrogens is 320 g/mol. The number of anilines is 1. The van der Waals surface area contributed by atoms with Crippen LogP contribution in [0.3, 0.4) is 0 Å². The normalized spacial score (nSPS) is 15.6. The van der Waals surface area contributed by atoms with Crippen LogP contribution < -0.4 is 10.1 Å². The molecule has 0 radical (unpaired) electrons. The van der Waals surface area contributed by atoms with Crippen LogP contribution >= 0.6 is 0 Å². The van der Waals surface area contributed by atoms with E-state index in [2.05, 4.69) is 5.32 Å². The number of amides is 2. The maximum Gasteiger partial charge on any atom is 0.410 e. The van der Waals surface area contributed by atoms with Crippen LogP contribution in [0.1, 0.15) is 47.0 Å². The van der Waals surface area contributed by atoms with Gasteiger partial charge in [-0.05, 0) is 32.9 Å². The molecule has 0 atom stereocenters. The van der Waals surface area contributed by atoms with E-state index in [1.165, 1.54) is 0 Å².